The lowest BCUT2D eigenvalue weighted by Crippen LogP contribution is -2.40. The van der Waals surface area contributed by atoms with E-state index >= 15 is 0 Å². The van der Waals surface area contributed by atoms with Gasteiger partial charge in [0, 0.05) is 17.1 Å². The van der Waals surface area contributed by atoms with Gasteiger partial charge in [0.25, 0.3) is 0 Å². The number of aliphatic hydroxyl groups excluding tert-OH is 1. The standard InChI is InChI=1S/C16H24BrNO2.ClH/c1-18(14-5-3-2-4-6-14)11-15(19)12-20-16-9-7-13(17)8-10-16;/h7-10,14-15,19H,2-6,11-12H2,1H3;1H. The van der Waals surface area contributed by atoms with Crippen LogP contribution < -0.4 is 4.74 Å². The Morgan fingerprint density at radius 2 is 1.86 bits per heavy atom. The maximum Gasteiger partial charge on any atom is 0.119 e. The van der Waals surface area contributed by atoms with E-state index in [9.17, 15) is 5.11 Å². The summed E-state index contributed by atoms with van der Waals surface area (Å²) in [5.74, 6) is 0.799. The molecule has 120 valence electrons. The zero-order valence-corrected chi connectivity index (χ0v) is 14.9. The molecule has 0 bridgehead atoms. The number of benzene rings is 1. The van der Waals surface area contributed by atoms with E-state index in [0.29, 0.717) is 19.2 Å². The molecule has 3 nitrogen and oxygen atoms in total. The molecule has 0 amide bonds. The molecule has 1 fully saturated rings. The zero-order chi connectivity index (χ0) is 14.4. The number of ether oxygens (including phenoxy) is 1. The second kappa shape index (κ2) is 9.67. The smallest absolute Gasteiger partial charge is 0.119 e. The van der Waals surface area contributed by atoms with Crippen molar-refractivity contribution in [3.05, 3.63) is 28.7 Å². The van der Waals surface area contributed by atoms with Crippen molar-refractivity contribution in [1.82, 2.24) is 4.90 Å². The molecule has 1 aromatic carbocycles. The van der Waals surface area contributed by atoms with E-state index in [1.54, 1.807) is 0 Å². The van der Waals surface area contributed by atoms with Crippen LogP contribution in [0.5, 0.6) is 5.75 Å². The Bertz CT molecular complexity index is 396. The van der Waals surface area contributed by atoms with Gasteiger partial charge < -0.3 is 14.7 Å². The molecule has 1 N–H and O–H groups in total. The summed E-state index contributed by atoms with van der Waals surface area (Å²) in [5.41, 5.74) is 0. The molecule has 0 saturated heterocycles. The predicted octanol–water partition coefficient (Wildman–Crippen LogP) is 3.88. The van der Waals surface area contributed by atoms with Gasteiger partial charge in [-0.2, -0.15) is 0 Å². The summed E-state index contributed by atoms with van der Waals surface area (Å²) >= 11 is 3.39. The number of aliphatic hydroxyl groups is 1. The molecule has 21 heavy (non-hydrogen) atoms. The van der Waals surface area contributed by atoms with Gasteiger partial charge in [0.2, 0.25) is 0 Å². The zero-order valence-electron chi connectivity index (χ0n) is 12.5. The highest BCUT2D eigenvalue weighted by Crippen LogP contribution is 2.22. The Hall–Kier alpha value is -0.290. The van der Waals surface area contributed by atoms with E-state index in [1.807, 2.05) is 24.3 Å². The van der Waals surface area contributed by atoms with Crippen molar-refractivity contribution < 1.29 is 9.84 Å². The summed E-state index contributed by atoms with van der Waals surface area (Å²) in [6.45, 7) is 1.03. The van der Waals surface area contributed by atoms with Crippen LogP contribution in [0, 0.1) is 0 Å². The minimum absolute atomic E-state index is 0. The van der Waals surface area contributed by atoms with E-state index in [1.165, 1.54) is 32.1 Å². The van der Waals surface area contributed by atoms with Crippen molar-refractivity contribution in [3.8, 4) is 5.75 Å². The quantitative estimate of drug-likeness (QED) is 0.815. The molecule has 1 aromatic rings. The molecule has 1 aliphatic rings. The van der Waals surface area contributed by atoms with Gasteiger partial charge >= 0.3 is 0 Å². The van der Waals surface area contributed by atoms with E-state index in [4.69, 9.17) is 4.74 Å². The molecule has 5 heteroatoms. The lowest BCUT2D eigenvalue weighted by Gasteiger charge is -2.32. The molecular formula is C16H25BrClNO2. The van der Waals surface area contributed by atoms with Crippen LogP contribution in [0.2, 0.25) is 0 Å². The minimum atomic E-state index is -0.439. The Morgan fingerprint density at radius 1 is 1.24 bits per heavy atom. The van der Waals surface area contributed by atoms with Gasteiger partial charge in [-0.15, -0.1) is 12.4 Å². The molecule has 1 aliphatic carbocycles. The normalized spacial score (nSPS) is 17.3. The summed E-state index contributed by atoms with van der Waals surface area (Å²) in [6, 6.07) is 8.32. The molecule has 2 rings (SSSR count). The van der Waals surface area contributed by atoms with Gasteiger partial charge in [0.1, 0.15) is 18.5 Å². The largest absolute Gasteiger partial charge is 0.491 e. The first-order valence-electron chi connectivity index (χ1n) is 7.42. The summed E-state index contributed by atoms with van der Waals surface area (Å²) in [7, 11) is 2.11. The Morgan fingerprint density at radius 3 is 2.48 bits per heavy atom. The van der Waals surface area contributed by atoms with E-state index in [0.717, 1.165) is 10.2 Å². The fourth-order valence-electron chi connectivity index (χ4n) is 2.78. The average molecular weight is 379 g/mol. The van der Waals surface area contributed by atoms with Gasteiger partial charge in [0.15, 0.2) is 0 Å². The SMILES string of the molecule is CN(CC(O)COc1ccc(Br)cc1)C1CCCCC1.Cl. The van der Waals surface area contributed by atoms with Crippen molar-refractivity contribution in [1.29, 1.82) is 0 Å². The number of rotatable bonds is 6. The van der Waals surface area contributed by atoms with Crippen LogP contribution in [-0.4, -0.2) is 42.4 Å². The third kappa shape index (κ3) is 6.55. The number of hydrogen-bond acceptors (Lipinski definition) is 3. The first-order chi connectivity index (χ1) is 9.65. The third-order valence-electron chi connectivity index (χ3n) is 3.95. The maximum atomic E-state index is 10.1. The molecule has 1 saturated carbocycles. The number of likely N-dealkylation sites (N-methyl/N-ethyl adjacent to an activating group) is 1. The number of nitrogens with zero attached hydrogens (tertiary/aromatic N) is 1. The van der Waals surface area contributed by atoms with Gasteiger partial charge in [-0.25, -0.2) is 0 Å². The van der Waals surface area contributed by atoms with Crippen molar-refractivity contribution in [2.24, 2.45) is 0 Å². The molecular weight excluding hydrogens is 354 g/mol. The Balaban J connectivity index is 0.00000220. The summed E-state index contributed by atoms with van der Waals surface area (Å²) < 4.78 is 6.64. The van der Waals surface area contributed by atoms with Crippen LogP contribution in [0.1, 0.15) is 32.1 Å². The molecule has 0 spiro atoms. The second-order valence-electron chi connectivity index (χ2n) is 5.65. The van der Waals surface area contributed by atoms with Crippen molar-refractivity contribution >= 4 is 28.3 Å². The highest BCUT2D eigenvalue weighted by Gasteiger charge is 2.20. The van der Waals surface area contributed by atoms with Gasteiger partial charge in [-0.05, 0) is 44.2 Å². The first-order valence-corrected chi connectivity index (χ1v) is 8.21. The predicted molar refractivity (Wildman–Crippen MR) is 92.4 cm³/mol. The third-order valence-corrected chi connectivity index (χ3v) is 4.48. The fraction of sp³-hybridized carbons (Fsp3) is 0.625. The van der Waals surface area contributed by atoms with Gasteiger partial charge in [-0.3, -0.25) is 0 Å². The Labute approximate surface area is 142 Å². The maximum absolute atomic E-state index is 10.1. The van der Waals surface area contributed by atoms with E-state index < -0.39 is 6.10 Å². The molecule has 1 unspecified atom stereocenters. The minimum Gasteiger partial charge on any atom is -0.491 e. The molecule has 0 radical (unpaired) electrons. The fourth-order valence-corrected chi connectivity index (χ4v) is 3.04. The monoisotopic (exact) mass is 377 g/mol. The lowest BCUT2D eigenvalue weighted by atomic mass is 9.94. The average Bonchev–Trinajstić information content (AvgIpc) is 2.47. The number of halogens is 2. The first kappa shape index (κ1) is 18.8. The number of hydrogen-bond donors (Lipinski definition) is 1. The topological polar surface area (TPSA) is 32.7 Å². The van der Waals surface area contributed by atoms with Crippen LogP contribution in [0.4, 0.5) is 0 Å². The van der Waals surface area contributed by atoms with Crippen LogP contribution in [0.3, 0.4) is 0 Å². The molecule has 0 aliphatic heterocycles. The highest BCUT2D eigenvalue weighted by atomic mass is 79.9. The highest BCUT2D eigenvalue weighted by molar-refractivity contribution is 9.10. The lowest BCUT2D eigenvalue weighted by molar-refractivity contribution is 0.0561. The van der Waals surface area contributed by atoms with Crippen LogP contribution in [0.25, 0.3) is 0 Å². The van der Waals surface area contributed by atoms with Crippen LogP contribution in [0.15, 0.2) is 28.7 Å². The van der Waals surface area contributed by atoms with Crippen LogP contribution in [-0.2, 0) is 0 Å². The van der Waals surface area contributed by atoms with Gasteiger partial charge in [-0.1, -0.05) is 35.2 Å². The van der Waals surface area contributed by atoms with Gasteiger partial charge in [0.05, 0.1) is 0 Å². The van der Waals surface area contributed by atoms with Crippen molar-refractivity contribution in [3.63, 3.8) is 0 Å². The molecule has 0 heterocycles. The summed E-state index contributed by atoms with van der Waals surface area (Å²) in [4.78, 5) is 2.29. The van der Waals surface area contributed by atoms with Crippen molar-refractivity contribution in [2.45, 2.75) is 44.2 Å². The molecule has 1 atom stereocenters. The van der Waals surface area contributed by atoms with Crippen molar-refractivity contribution in [2.75, 3.05) is 20.2 Å². The van der Waals surface area contributed by atoms with E-state index in [-0.39, 0.29) is 12.4 Å². The van der Waals surface area contributed by atoms with Crippen LogP contribution >= 0.6 is 28.3 Å². The van der Waals surface area contributed by atoms with E-state index in [2.05, 4.69) is 27.9 Å². The summed E-state index contributed by atoms with van der Waals surface area (Å²) in [5, 5.41) is 10.1. The second-order valence-corrected chi connectivity index (χ2v) is 6.57. The Kier molecular flexibility index (Phi) is 8.64. The summed E-state index contributed by atoms with van der Waals surface area (Å²) in [6.07, 6.45) is 6.08. The molecule has 0 aromatic heterocycles.